The summed E-state index contributed by atoms with van der Waals surface area (Å²) in [4.78, 5) is 0. The van der Waals surface area contributed by atoms with Gasteiger partial charge in [0.25, 0.3) is 0 Å². The zero-order valence-corrected chi connectivity index (χ0v) is 11.4. The van der Waals surface area contributed by atoms with Gasteiger partial charge in [0.2, 0.25) is 0 Å². The van der Waals surface area contributed by atoms with Crippen molar-refractivity contribution in [2.24, 2.45) is 0 Å². The van der Waals surface area contributed by atoms with Crippen LogP contribution in [0.3, 0.4) is 0 Å². The molecular weight excluding hydrogens is 220 g/mol. The van der Waals surface area contributed by atoms with Crippen LogP contribution in [0.25, 0.3) is 11.1 Å². The molecule has 0 fully saturated rings. The van der Waals surface area contributed by atoms with E-state index in [1.165, 1.54) is 27.8 Å². The normalized spacial score (nSPS) is 10.6. The lowest BCUT2D eigenvalue weighted by Gasteiger charge is -2.13. The molecule has 2 rings (SSSR count). The molecule has 1 nitrogen and oxygen atoms in total. The van der Waals surface area contributed by atoms with E-state index in [9.17, 15) is 0 Å². The van der Waals surface area contributed by atoms with Crippen LogP contribution in [-0.2, 0) is 17.8 Å². The van der Waals surface area contributed by atoms with Crippen molar-refractivity contribution in [2.75, 3.05) is 7.11 Å². The molecule has 0 aliphatic rings. The highest BCUT2D eigenvalue weighted by molar-refractivity contribution is 5.71. The highest BCUT2D eigenvalue weighted by atomic mass is 16.5. The molecule has 0 amide bonds. The molecule has 18 heavy (non-hydrogen) atoms. The first kappa shape index (κ1) is 12.8. The zero-order chi connectivity index (χ0) is 13.0. The van der Waals surface area contributed by atoms with Crippen molar-refractivity contribution in [1.29, 1.82) is 0 Å². The Hall–Kier alpha value is -1.60. The molecule has 2 aromatic rings. The summed E-state index contributed by atoms with van der Waals surface area (Å²) in [5.74, 6) is 0. The minimum Gasteiger partial charge on any atom is -0.380 e. The van der Waals surface area contributed by atoms with Crippen LogP contribution in [0.4, 0.5) is 0 Å². The van der Waals surface area contributed by atoms with Crippen LogP contribution in [0.15, 0.2) is 42.5 Å². The van der Waals surface area contributed by atoms with Crippen molar-refractivity contribution in [3.8, 4) is 11.1 Å². The van der Waals surface area contributed by atoms with Crippen molar-refractivity contribution in [2.45, 2.75) is 26.9 Å². The van der Waals surface area contributed by atoms with Crippen molar-refractivity contribution in [3.05, 3.63) is 59.2 Å². The molecule has 0 atom stereocenters. The van der Waals surface area contributed by atoms with Gasteiger partial charge in [0.15, 0.2) is 0 Å². The standard InChI is InChI=1S/C17H20O/c1-4-14-7-5-6-8-16(14)17-10-9-13(2)11-15(17)12-18-3/h5-11H,4,12H2,1-3H3. The number of rotatable bonds is 4. The second-order valence-corrected chi connectivity index (χ2v) is 4.60. The lowest BCUT2D eigenvalue weighted by Crippen LogP contribution is -1.95. The summed E-state index contributed by atoms with van der Waals surface area (Å²) in [7, 11) is 1.75. The molecule has 0 aliphatic heterocycles. The number of hydrogen-bond donors (Lipinski definition) is 0. The molecule has 0 unspecified atom stereocenters. The summed E-state index contributed by atoms with van der Waals surface area (Å²) in [5, 5.41) is 0. The van der Waals surface area contributed by atoms with E-state index in [1.807, 2.05) is 0 Å². The van der Waals surface area contributed by atoms with Gasteiger partial charge in [0.1, 0.15) is 0 Å². The topological polar surface area (TPSA) is 9.23 Å². The van der Waals surface area contributed by atoms with Crippen LogP contribution in [0, 0.1) is 6.92 Å². The first-order valence-electron chi connectivity index (χ1n) is 6.43. The number of aryl methyl sites for hydroxylation is 2. The summed E-state index contributed by atoms with van der Waals surface area (Å²) in [6.45, 7) is 4.98. The second kappa shape index (κ2) is 5.83. The Bertz CT molecular complexity index is 529. The van der Waals surface area contributed by atoms with Gasteiger partial charge in [-0.05, 0) is 35.6 Å². The van der Waals surface area contributed by atoms with E-state index in [2.05, 4.69) is 56.3 Å². The average molecular weight is 240 g/mol. The number of methoxy groups -OCH3 is 1. The summed E-state index contributed by atoms with van der Waals surface area (Å²) in [6, 6.07) is 15.2. The molecule has 0 bridgehead atoms. The van der Waals surface area contributed by atoms with Crippen LogP contribution in [0.5, 0.6) is 0 Å². The Morgan fingerprint density at radius 2 is 1.67 bits per heavy atom. The molecule has 0 spiro atoms. The maximum absolute atomic E-state index is 5.32. The van der Waals surface area contributed by atoms with Crippen LogP contribution in [0.2, 0.25) is 0 Å². The first-order valence-corrected chi connectivity index (χ1v) is 6.43. The molecular formula is C17H20O. The Morgan fingerprint density at radius 1 is 0.944 bits per heavy atom. The summed E-state index contributed by atoms with van der Waals surface area (Å²) in [5.41, 5.74) is 6.55. The van der Waals surface area contributed by atoms with Crippen LogP contribution >= 0.6 is 0 Å². The van der Waals surface area contributed by atoms with E-state index < -0.39 is 0 Å². The maximum Gasteiger partial charge on any atom is 0.0719 e. The van der Waals surface area contributed by atoms with E-state index in [-0.39, 0.29) is 0 Å². The Morgan fingerprint density at radius 3 is 2.39 bits per heavy atom. The summed E-state index contributed by atoms with van der Waals surface area (Å²) < 4.78 is 5.32. The first-order chi connectivity index (χ1) is 8.76. The van der Waals surface area contributed by atoms with Crippen molar-refractivity contribution in [3.63, 3.8) is 0 Å². The Labute approximate surface area is 109 Å². The molecule has 0 saturated heterocycles. The van der Waals surface area contributed by atoms with Gasteiger partial charge in [-0.3, -0.25) is 0 Å². The number of hydrogen-bond acceptors (Lipinski definition) is 1. The largest absolute Gasteiger partial charge is 0.380 e. The monoisotopic (exact) mass is 240 g/mol. The molecule has 0 N–H and O–H groups in total. The maximum atomic E-state index is 5.32. The quantitative estimate of drug-likeness (QED) is 0.771. The minimum absolute atomic E-state index is 0.662. The molecule has 2 aromatic carbocycles. The fourth-order valence-electron chi connectivity index (χ4n) is 2.35. The van der Waals surface area contributed by atoms with Crippen LogP contribution in [0.1, 0.15) is 23.6 Å². The lowest BCUT2D eigenvalue weighted by molar-refractivity contribution is 0.185. The van der Waals surface area contributed by atoms with Crippen LogP contribution < -0.4 is 0 Å². The van der Waals surface area contributed by atoms with Gasteiger partial charge in [0.05, 0.1) is 6.61 Å². The van der Waals surface area contributed by atoms with E-state index in [0.717, 1.165) is 6.42 Å². The number of ether oxygens (including phenoxy) is 1. The van der Waals surface area contributed by atoms with Crippen LogP contribution in [-0.4, -0.2) is 7.11 Å². The molecule has 0 aliphatic carbocycles. The van der Waals surface area contributed by atoms with Gasteiger partial charge in [-0.2, -0.15) is 0 Å². The fraction of sp³-hybridized carbons (Fsp3) is 0.294. The third-order valence-electron chi connectivity index (χ3n) is 3.25. The average Bonchev–Trinajstić information content (AvgIpc) is 2.39. The highest BCUT2D eigenvalue weighted by Gasteiger charge is 2.08. The van der Waals surface area contributed by atoms with Gasteiger partial charge in [0, 0.05) is 7.11 Å². The van der Waals surface area contributed by atoms with Gasteiger partial charge in [-0.15, -0.1) is 0 Å². The molecule has 0 heterocycles. The lowest BCUT2D eigenvalue weighted by atomic mass is 9.93. The van der Waals surface area contributed by atoms with E-state index in [1.54, 1.807) is 7.11 Å². The molecule has 0 radical (unpaired) electrons. The molecule has 0 aromatic heterocycles. The molecule has 94 valence electrons. The van der Waals surface area contributed by atoms with Gasteiger partial charge < -0.3 is 4.74 Å². The Balaban J connectivity index is 2.55. The van der Waals surface area contributed by atoms with E-state index in [4.69, 9.17) is 4.74 Å². The summed E-state index contributed by atoms with van der Waals surface area (Å²) in [6.07, 6.45) is 1.05. The Kier molecular flexibility index (Phi) is 4.16. The third-order valence-corrected chi connectivity index (χ3v) is 3.25. The fourth-order valence-corrected chi connectivity index (χ4v) is 2.35. The zero-order valence-electron chi connectivity index (χ0n) is 11.4. The minimum atomic E-state index is 0.662. The van der Waals surface area contributed by atoms with Gasteiger partial charge >= 0.3 is 0 Å². The van der Waals surface area contributed by atoms with Crippen molar-refractivity contribution in [1.82, 2.24) is 0 Å². The summed E-state index contributed by atoms with van der Waals surface area (Å²) >= 11 is 0. The van der Waals surface area contributed by atoms with E-state index >= 15 is 0 Å². The smallest absolute Gasteiger partial charge is 0.0719 e. The van der Waals surface area contributed by atoms with Gasteiger partial charge in [-0.25, -0.2) is 0 Å². The molecule has 0 saturated carbocycles. The van der Waals surface area contributed by atoms with E-state index in [0.29, 0.717) is 6.61 Å². The van der Waals surface area contributed by atoms with Crippen molar-refractivity contribution >= 4 is 0 Å². The second-order valence-electron chi connectivity index (χ2n) is 4.60. The SMILES string of the molecule is CCc1ccccc1-c1ccc(C)cc1COC. The predicted octanol–water partition coefficient (Wildman–Crippen LogP) is 4.37. The van der Waals surface area contributed by atoms with Crippen molar-refractivity contribution < 1.29 is 4.74 Å². The predicted molar refractivity (Wildman–Crippen MR) is 76.7 cm³/mol. The van der Waals surface area contributed by atoms with Gasteiger partial charge in [-0.1, -0.05) is 55.0 Å². The third kappa shape index (κ3) is 2.62. The molecule has 1 heteroatoms. The number of benzene rings is 2. The highest BCUT2D eigenvalue weighted by Crippen LogP contribution is 2.28.